The maximum atomic E-state index is 13.4. The molecular weight excluding hydrogens is 276 g/mol. The lowest BCUT2D eigenvalue weighted by Gasteiger charge is -2.32. The first-order chi connectivity index (χ1) is 10.2. The van der Waals surface area contributed by atoms with Gasteiger partial charge in [-0.25, -0.2) is 8.78 Å². The molecule has 0 aliphatic carbocycles. The number of rotatable bonds is 3. The molecule has 0 spiro atoms. The van der Waals surface area contributed by atoms with Crippen LogP contribution in [0.3, 0.4) is 0 Å². The van der Waals surface area contributed by atoms with Gasteiger partial charge in [-0.1, -0.05) is 18.2 Å². The van der Waals surface area contributed by atoms with E-state index in [4.69, 9.17) is 9.47 Å². The molecule has 21 heavy (non-hydrogen) atoms. The molecule has 0 radical (unpaired) electrons. The Morgan fingerprint density at radius 1 is 1.10 bits per heavy atom. The Bertz CT molecular complexity index is 648. The van der Waals surface area contributed by atoms with Crippen molar-refractivity contribution in [2.75, 3.05) is 13.7 Å². The first-order valence-corrected chi connectivity index (χ1v) is 6.69. The van der Waals surface area contributed by atoms with Crippen LogP contribution in [-0.2, 0) is 0 Å². The molecule has 0 bridgehead atoms. The summed E-state index contributed by atoms with van der Waals surface area (Å²) in [6.07, 6.45) is -0.324. The van der Waals surface area contributed by atoms with Crippen molar-refractivity contribution >= 4 is 0 Å². The monoisotopic (exact) mass is 291 g/mol. The Balaban J connectivity index is 1.86. The van der Waals surface area contributed by atoms with Crippen molar-refractivity contribution in [3.05, 3.63) is 59.7 Å². The molecular formula is C16H15F2NO2. The van der Waals surface area contributed by atoms with Crippen LogP contribution >= 0.6 is 0 Å². The molecule has 0 fully saturated rings. The van der Waals surface area contributed by atoms with Crippen LogP contribution in [0.5, 0.6) is 11.5 Å². The molecule has 2 aromatic carbocycles. The molecule has 0 aromatic heterocycles. The van der Waals surface area contributed by atoms with Crippen molar-refractivity contribution < 1.29 is 18.3 Å². The normalized spacial score (nSPS) is 18.3. The maximum Gasteiger partial charge on any atom is 0.161 e. The van der Waals surface area contributed by atoms with Gasteiger partial charge in [0.15, 0.2) is 29.2 Å². The maximum absolute atomic E-state index is 13.4. The zero-order chi connectivity index (χ0) is 14.8. The second-order valence-electron chi connectivity index (χ2n) is 4.85. The lowest BCUT2D eigenvalue weighted by Crippen LogP contribution is -2.40. The van der Waals surface area contributed by atoms with E-state index in [0.717, 1.165) is 6.07 Å². The number of halogens is 2. The average molecular weight is 291 g/mol. The highest BCUT2D eigenvalue weighted by Crippen LogP contribution is 2.34. The fourth-order valence-electron chi connectivity index (χ4n) is 2.47. The van der Waals surface area contributed by atoms with Crippen molar-refractivity contribution in [2.24, 2.45) is 0 Å². The number of para-hydroxylation sites is 2. The van der Waals surface area contributed by atoms with Crippen LogP contribution in [0.15, 0.2) is 42.5 Å². The van der Waals surface area contributed by atoms with E-state index in [9.17, 15) is 8.78 Å². The van der Waals surface area contributed by atoms with Gasteiger partial charge in [0.2, 0.25) is 0 Å². The number of likely N-dealkylation sites (N-methyl/N-ethyl adjacent to an activating group) is 1. The molecule has 2 atom stereocenters. The predicted octanol–water partition coefficient (Wildman–Crippen LogP) is 3.07. The molecule has 2 unspecified atom stereocenters. The first kappa shape index (κ1) is 13.8. The summed E-state index contributed by atoms with van der Waals surface area (Å²) in [5.74, 6) is -0.393. The van der Waals surface area contributed by atoms with E-state index in [1.54, 1.807) is 13.1 Å². The number of hydrogen-bond acceptors (Lipinski definition) is 3. The summed E-state index contributed by atoms with van der Waals surface area (Å²) in [5, 5.41) is 3.07. The minimum absolute atomic E-state index is 0.298. The van der Waals surface area contributed by atoms with Crippen LogP contribution in [0.2, 0.25) is 0 Å². The molecule has 1 aliphatic heterocycles. The van der Waals surface area contributed by atoms with Gasteiger partial charge in [-0.05, 0) is 36.9 Å². The average Bonchev–Trinajstić information content (AvgIpc) is 2.51. The van der Waals surface area contributed by atoms with Crippen LogP contribution < -0.4 is 14.8 Å². The van der Waals surface area contributed by atoms with Crippen LogP contribution in [0.1, 0.15) is 11.6 Å². The van der Waals surface area contributed by atoms with Gasteiger partial charge in [-0.2, -0.15) is 0 Å². The fourth-order valence-corrected chi connectivity index (χ4v) is 2.47. The van der Waals surface area contributed by atoms with E-state index in [-0.39, 0.29) is 12.1 Å². The molecule has 1 aliphatic rings. The van der Waals surface area contributed by atoms with Crippen LogP contribution in [0.25, 0.3) is 0 Å². The Morgan fingerprint density at radius 3 is 2.57 bits per heavy atom. The first-order valence-electron chi connectivity index (χ1n) is 6.69. The molecule has 1 heterocycles. The highest BCUT2D eigenvalue weighted by atomic mass is 19.2. The zero-order valence-corrected chi connectivity index (χ0v) is 11.5. The summed E-state index contributed by atoms with van der Waals surface area (Å²) in [6.45, 7) is 0.335. The topological polar surface area (TPSA) is 30.5 Å². The van der Waals surface area contributed by atoms with Crippen molar-refractivity contribution in [3.8, 4) is 11.5 Å². The fraction of sp³-hybridized carbons (Fsp3) is 0.250. The van der Waals surface area contributed by atoms with Gasteiger partial charge in [0.25, 0.3) is 0 Å². The molecule has 3 nitrogen and oxygen atoms in total. The van der Waals surface area contributed by atoms with Crippen molar-refractivity contribution in [1.82, 2.24) is 5.32 Å². The molecule has 3 rings (SSSR count). The SMILES string of the molecule is CNC(c1ccc(F)c(F)c1)C1COc2ccccc2O1. The summed E-state index contributed by atoms with van der Waals surface area (Å²) in [5.41, 5.74) is 0.615. The number of nitrogens with one attached hydrogen (secondary N) is 1. The van der Waals surface area contributed by atoms with Crippen LogP contribution in [-0.4, -0.2) is 19.8 Å². The number of fused-ring (bicyclic) bond motifs is 1. The Hall–Kier alpha value is -2.14. The highest BCUT2D eigenvalue weighted by molar-refractivity contribution is 5.41. The lowest BCUT2D eigenvalue weighted by atomic mass is 10.0. The lowest BCUT2D eigenvalue weighted by molar-refractivity contribution is 0.0637. The molecule has 5 heteroatoms. The third kappa shape index (κ3) is 2.69. The summed E-state index contributed by atoms with van der Waals surface area (Å²) >= 11 is 0. The third-order valence-corrected chi connectivity index (χ3v) is 3.52. The summed E-state index contributed by atoms with van der Waals surface area (Å²) in [4.78, 5) is 0. The van der Waals surface area contributed by atoms with Gasteiger partial charge >= 0.3 is 0 Å². The van der Waals surface area contributed by atoms with E-state index < -0.39 is 11.6 Å². The van der Waals surface area contributed by atoms with Crippen molar-refractivity contribution in [2.45, 2.75) is 12.1 Å². The quantitative estimate of drug-likeness (QED) is 0.942. The van der Waals surface area contributed by atoms with Crippen molar-refractivity contribution in [1.29, 1.82) is 0 Å². The third-order valence-electron chi connectivity index (χ3n) is 3.52. The second-order valence-corrected chi connectivity index (χ2v) is 4.85. The molecule has 1 N–H and O–H groups in total. The predicted molar refractivity (Wildman–Crippen MR) is 74.5 cm³/mol. The number of hydrogen-bond donors (Lipinski definition) is 1. The van der Waals surface area contributed by atoms with Crippen molar-refractivity contribution in [3.63, 3.8) is 0 Å². The summed E-state index contributed by atoms with van der Waals surface area (Å²) in [7, 11) is 1.75. The molecule has 110 valence electrons. The second kappa shape index (κ2) is 5.69. The Labute approximate surface area is 121 Å². The van der Waals surface area contributed by atoms with Crippen LogP contribution in [0.4, 0.5) is 8.78 Å². The summed E-state index contributed by atoms with van der Waals surface area (Å²) < 4.78 is 38.0. The molecule has 0 saturated carbocycles. The standard InChI is InChI=1S/C16H15F2NO2/c1-19-16(10-6-7-11(17)12(18)8-10)15-9-20-13-4-2-3-5-14(13)21-15/h2-8,15-16,19H,9H2,1H3. The Kier molecular flexibility index (Phi) is 3.75. The van der Waals surface area contributed by atoms with E-state index >= 15 is 0 Å². The van der Waals surface area contributed by atoms with E-state index in [1.807, 2.05) is 24.3 Å². The number of benzene rings is 2. The van der Waals surface area contributed by atoms with E-state index in [0.29, 0.717) is 23.7 Å². The van der Waals surface area contributed by atoms with Crippen LogP contribution in [0, 0.1) is 11.6 Å². The van der Waals surface area contributed by atoms with Gasteiger partial charge in [-0.15, -0.1) is 0 Å². The summed E-state index contributed by atoms with van der Waals surface area (Å²) in [6, 6.07) is 10.9. The smallest absolute Gasteiger partial charge is 0.161 e. The van der Waals surface area contributed by atoms with Gasteiger partial charge in [0.05, 0.1) is 6.04 Å². The zero-order valence-electron chi connectivity index (χ0n) is 11.5. The molecule has 0 saturated heterocycles. The molecule has 2 aromatic rings. The largest absolute Gasteiger partial charge is 0.486 e. The van der Waals surface area contributed by atoms with E-state index in [1.165, 1.54) is 6.07 Å². The Morgan fingerprint density at radius 2 is 1.86 bits per heavy atom. The van der Waals surface area contributed by atoms with Gasteiger partial charge < -0.3 is 14.8 Å². The minimum atomic E-state index is -0.870. The van der Waals surface area contributed by atoms with Gasteiger partial charge in [0, 0.05) is 0 Å². The van der Waals surface area contributed by atoms with Gasteiger partial charge in [-0.3, -0.25) is 0 Å². The minimum Gasteiger partial charge on any atom is -0.486 e. The molecule has 0 amide bonds. The highest BCUT2D eigenvalue weighted by Gasteiger charge is 2.29. The van der Waals surface area contributed by atoms with Gasteiger partial charge in [0.1, 0.15) is 6.61 Å². The number of ether oxygens (including phenoxy) is 2. The van der Waals surface area contributed by atoms with E-state index in [2.05, 4.69) is 5.32 Å².